The van der Waals surface area contributed by atoms with Gasteiger partial charge in [0.2, 0.25) is 11.8 Å². The molecule has 1 fully saturated rings. The van der Waals surface area contributed by atoms with Gasteiger partial charge in [0.1, 0.15) is 22.9 Å². The van der Waals surface area contributed by atoms with Crippen molar-refractivity contribution in [2.75, 3.05) is 7.11 Å². The number of nitrogens with one attached hydrogen (secondary N) is 3. The molecule has 5 aromatic rings. The molecule has 1 saturated carbocycles. The first kappa shape index (κ1) is 25.1. The number of H-pyrrole nitrogens is 2. The van der Waals surface area contributed by atoms with Gasteiger partial charge < -0.3 is 19.1 Å². The summed E-state index contributed by atoms with van der Waals surface area (Å²) in [5.74, 6) is 1.72. The van der Waals surface area contributed by atoms with E-state index in [1.165, 1.54) is 17.0 Å². The standard InChI is InChI=1S/C30H32FN7O2/c1-16-22(31)12-13-24(33-16)26-15-32-28(35-26)25-14-21-20-6-4-5-7-23(20)34-27(21)30(36-25,29-38-37-17(2)40-29)18-8-10-19(39-3)11-9-18/h4-7,12-13,15,18-19,25,34,36H,8-11,14H2,1-3H3,(H,32,35). The summed E-state index contributed by atoms with van der Waals surface area (Å²) in [4.78, 5) is 16.5. The average molecular weight is 542 g/mol. The molecule has 0 radical (unpaired) electrons. The number of pyridine rings is 1. The fraction of sp³-hybridized carbons (Fsp3) is 0.400. The quantitative estimate of drug-likeness (QED) is 0.272. The maximum absolute atomic E-state index is 13.9. The molecule has 0 amide bonds. The fourth-order valence-corrected chi connectivity index (χ4v) is 6.70. The van der Waals surface area contributed by atoms with Crippen molar-refractivity contribution in [3.63, 3.8) is 0 Å². The van der Waals surface area contributed by atoms with E-state index in [1.54, 1.807) is 20.1 Å². The first-order valence-corrected chi connectivity index (χ1v) is 13.9. The van der Waals surface area contributed by atoms with E-state index in [1.807, 2.05) is 19.2 Å². The van der Waals surface area contributed by atoms with E-state index in [4.69, 9.17) is 14.1 Å². The Morgan fingerprint density at radius 3 is 2.58 bits per heavy atom. The summed E-state index contributed by atoms with van der Waals surface area (Å²) in [6.07, 6.45) is 6.59. The number of aryl methyl sites for hydroxylation is 2. The lowest BCUT2D eigenvalue weighted by Crippen LogP contribution is -2.56. The van der Waals surface area contributed by atoms with Crippen molar-refractivity contribution in [3.8, 4) is 11.4 Å². The Kier molecular flexibility index (Phi) is 6.05. The van der Waals surface area contributed by atoms with Crippen LogP contribution in [0, 0.1) is 25.6 Å². The summed E-state index contributed by atoms with van der Waals surface area (Å²) in [6.45, 7) is 3.49. The maximum Gasteiger partial charge on any atom is 0.242 e. The smallest absolute Gasteiger partial charge is 0.242 e. The Hall–Kier alpha value is -3.89. The number of benzene rings is 1. The van der Waals surface area contributed by atoms with Gasteiger partial charge in [0.25, 0.3) is 0 Å². The third-order valence-corrected chi connectivity index (χ3v) is 8.71. The third kappa shape index (κ3) is 3.97. The van der Waals surface area contributed by atoms with Gasteiger partial charge in [0.15, 0.2) is 0 Å². The molecule has 7 rings (SSSR count). The van der Waals surface area contributed by atoms with Crippen LogP contribution < -0.4 is 5.32 Å². The van der Waals surface area contributed by atoms with Crippen LogP contribution in [0.1, 0.15) is 66.3 Å². The predicted molar refractivity (Wildman–Crippen MR) is 147 cm³/mol. The van der Waals surface area contributed by atoms with E-state index in [-0.39, 0.29) is 23.9 Å². The molecular weight excluding hydrogens is 509 g/mol. The molecular formula is C30H32FN7O2. The highest BCUT2D eigenvalue weighted by atomic mass is 19.1. The largest absolute Gasteiger partial charge is 0.423 e. The van der Waals surface area contributed by atoms with Gasteiger partial charge in [-0.1, -0.05) is 18.2 Å². The van der Waals surface area contributed by atoms with Crippen LogP contribution in [0.25, 0.3) is 22.3 Å². The van der Waals surface area contributed by atoms with E-state index in [2.05, 4.69) is 48.7 Å². The van der Waals surface area contributed by atoms with Gasteiger partial charge in [0, 0.05) is 36.8 Å². The zero-order valence-electron chi connectivity index (χ0n) is 22.8. The highest BCUT2D eigenvalue weighted by Gasteiger charge is 2.54. The molecule has 9 nitrogen and oxygen atoms in total. The number of halogens is 1. The molecule has 206 valence electrons. The van der Waals surface area contributed by atoms with E-state index in [0.29, 0.717) is 35.3 Å². The minimum atomic E-state index is -0.741. The van der Waals surface area contributed by atoms with Crippen molar-refractivity contribution in [3.05, 3.63) is 83.0 Å². The molecule has 1 aliphatic carbocycles. The van der Waals surface area contributed by atoms with Crippen molar-refractivity contribution in [1.29, 1.82) is 0 Å². The maximum atomic E-state index is 13.9. The molecule has 4 aromatic heterocycles. The summed E-state index contributed by atoms with van der Waals surface area (Å²) < 4.78 is 25.9. The van der Waals surface area contributed by atoms with Crippen LogP contribution in [0.2, 0.25) is 0 Å². The number of rotatable bonds is 5. The number of methoxy groups -OCH3 is 1. The van der Waals surface area contributed by atoms with Crippen molar-refractivity contribution in [2.24, 2.45) is 5.92 Å². The number of fused-ring (bicyclic) bond motifs is 3. The fourth-order valence-electron chi connectivity index (χ4n) is 6.70. The summed E-state index contributed by atoms with van der Waals surface area (Å²) in [6, 6.07) is 11.3. The second-order valence-corrected chi connectivity index (χ2v) is 11.0. The molecule has 3 N–H and O–H groups in total. The molecule has 2 unspecified atom stereocenters. The zero-order valence-corrected chi connectivity index (χ0v) is 22.8. The van der Waals surface area contributed by atoms with E-state index >= 15 is 0 Å². The summed E-state index contributed by atoms with van der Waals surface area (Å²) >= 11 is 0. The molecule has 2 aliphatic rings. The second-order valence-electron chi connectivity index (χ2n) is 11.0. The van der Waals surface area contributed by atoms with Crippen LogP contribution in [-0.2, 0) is 16.7 Å². The van der Waals surface area contributed by atoms with Gasteiger partial charge in [-0.25, -0.2) is 14.4 Å². The van der Waals surface area contributed by atoms with Crippen molar-refractivity contribution >= 4 is 10.9 Å². The normalized spacial score (nSPS) is 24.9. The van der Waals surface area contributed by atoms with Crippen LogP contribution in [0.15, 0.2) is 47.0 Å². The SMILES string of the molecule is COC1CCC(C2(c3nnc(C)o3)NC(c3nc(-c4ccc(F)c(C)n4)c[nH]3)Cc3c2[nH]c2ccccc32)CC1. The Balaban J connectivity index is 1.38. The number of para-hydroxylation sites is 1. The zero-order chi connectivity index (χ0) is 27.4. The molecule has 0 saturated heterocycles. The predicted octanol–water partition coefficient (Wildman–Crippen LogP) is 5.43. The minimum Gasteiger partial charge on any atom is -0.423 e. The van der Waals surface area contributed by atoms with E-state index in [9.17, 15) is 4.39 Å². The van der Waals surface area contributed by atoms with Crippen molar-refractivity contribution in [2.45, 2.75) is 63.6 Å². The van der Waals surface area contributed by atoms with Crippen LogP contribution in [0.4, 0.5) is 4.39 Å². The molecule has 0 spiro atoms. The van der Waals surface area contributed by atoms with Gasteiger partial charge in [-0.2, -0.15) is 0 Å². The Labute approximate surface area is 231 Å². The monoisotopic (exact) mass is 541 g/mol. The first-order chi connectivity index (χ1) is 19.5. The van der Waals surface area contributed by atoms with Gasteiger partial charge in [-0.15, -0.1) is 10.2 Å². The van der Waals surface area contributed by atoms with Gasteiger partial charge >= 0.3 is 0 Å². The number of nitrogens with zero attached hydrogens (tertiary/aromatic N) is 4. The molecule has 10 heteroatoms. The number of hydrogen-bond acceptors (Lipinski definition) is 7. The van der Waals surface area contributed by atoms with Crippen molar-refractivity contribution in [1.82, 2.24) is 35.5 Å². The van der Waals surface area contributed by atoms with E-state index < -0.39 is 5.54 Å². The molecule has 5 heterocycles. The highest BCUT2D eigenvalue weighted by molar-refractivity contribution is 5.85. The summed E-state index contributed by atoms with van der Waals surface area (Å²) in [7, 11) is 1.79. The lowest BCUT2D eigenvalue weighted by Gasteiger charge is -2.46. The lowest BCUT2D eigenvalue weighted by atomic mass is 9.68. The summed E-state index contributed by atoms with van der Waals surface area (Å²) in [5.41, 5.74) is 4.28. The molecule has 2 atom stereocenters. The van der Waals surface area contributed by atoms with Gasteiger partial charge in [-0.3, -0.25) is 5.32 Å². The molecule has 0 bridgehead atoms. The Bertz CT molecular complexity index is 1680. The van der Waals surface area contributed by atoms with Crippen LogP contribution >= 0.6 is 0 Å². The van der Waals surface area contributed by atoms with Crippen molar-refractivity contribution < 1.29 is 13.5 Å². The lowest BCUT2D eigenvalue weighted by molar-refractivity contribution is 0.0304. The Morgan fingerprint density at radius 2 is 1.82 bits per heavy atom. The highest BCUT2D eigenvalue weighted by Crippen LogP contribution is 2.50. The number of hydrogen-bond donors (Lipinski definition) is 3. The van der Waals surface area contributed by atoms with Gasteiger partial charge in [0.05, 0.1) is 23.5 Å². The number of aromatic amines is 2. The third-order valence-electron chi connectivity index (χ3n) is 8.71. The second kappa shape index (κ2) is 9.64. The topological polar surface area (TPSA) is 118 Å². The first-order valence-electron chi connectivity index (χ1n) is 13.9. The number of imidazole rings is 1. The average Bonchev–Trinajstić information content (AvgIpc) is 3.73. The van der Waals surface area contributed by atoms with E-state index in [0.717, 1.165) is 42.7 Å². The van der Waals surface area contributed by atoms with Gasteiger partial charge in [-0.05, 0) is 68.7 Å². The molecule has 40 heavy (non-hydrogen) atoms. The van der Waals surface area contributed by atoms with Crippen LogP contribution in [-0.4, -0.2) is 43.3 Å². The Morgan fingerprint density at radius 1 is 1.00 bits per heavy atom. The minimum absolute atomic E-state index is 0.172. The number of aromatic nitrogens is 6. The summed E-state index contributed by atoms with van der Waals surface area (Å²) in [5, 5.41) is 14.0. The van der Waals surface area contributed by atoms with Crippen LogP contribution in [0.3, 0.4) is 0 Å². The van der Waals surface area contributed by atoms with Crippen LogP contribution in [0.5, 0.6) is 0 Å². The molecule has 1 aliphatic heterocycles. The number of ether oxygens (including phenoxy) is 1. The molecule has 1 aromatic carbocycles.